The Morgan fingerprint density at radius 1 is 1.12 bits per heavy atom. The summed E-state index contributed by atoms with van der Waals surface area (Å²) < 4.78 is 0. The molecule has 1 heterocycles. The van der Waals surface area contributed by atoms with E-state index in [4.69, 9.17) is 23.2 Å². The molecule has 0 amide bonds. The van der Waals surface area contributed by atoms with E-state index in [-0.39, 0.29) is 6.04 Å². The van der Waals surface area contributed by atoms with Gasteiger partial charge in [-0.3, -0.25) is 0 Å². The topological polar surface area (TPSA) is 12.0 Å². The highest BCUT2D eigenvalue weighted by molar-refractivity contribution is 7.08. The predicted molar refractivity (Wildman–Crippen MR) is 71.7 cm³/mol. The Morgan fingerprint density at radius 3 is 2.31 bits per heavy atom. The van der Waals surface area contributed by atoms with Gasteiger partial charge in [0.1, 0.15) is 0 Å². The number of hydrogen-bond donors (Lipinski definition) is 1. The number of thiophene rings is 1. The van der Waals surface area contributed by atoms with Crippen LogP contribution in [0.2, 0.25) is 10.0 Å². The third kappa shape index (κ3) is 2.58. The van der Waals surface area contributed by atoms with Crippen LogP contribution >= 0.6 is 34.5 Å². The van der Waals surface area contributed by atoms with Gasteiger partial charge in [-0.1, -0.05) is 23.2 Å². The molecule has 0 radical (unpaired) electrons. The lowest BCUT2D eigenvalue weighted by molar-refractivity contribution is 0.694. The highest BCUT2D eigenvalue weighted by Gasteiger charge is 2.13. The molecule has 84 valence electrons. The molecule has 0 aliphatic heterocycles. The Bertz CT molecular complexity index is 448. The van der Waals surface area contributed by atoms with E-state index in [2.05, 4.69) is 22.1 Å². The minimum absolute atomic E-state index is 0.141. The molecule has 4 heteroatoms. The van der Waals surface area contributed by atoms with E-state index in [9.17, 15) is 0 Å². The SMILES string of the molecule is CNC(c1ccsc1)c1cc(Cl)cc(Cl)c1. The van der Waals surface area contributed by atoms with Crippen LogP contribution in [0.5, 0.6) is 0 Å². The summed E-state index contributed by atoms with van der Waals surface area (Å²) >= 11 is 13.7. The standard InChI is InChI=1S/C12H11Cl2NS/c1-15-12(8-2-3-16-7-8)9-4-10(13)6-11(14)5-9/h2-7,12,15H,1H3. The molecule has 0 fully saturated rings. The first-order valence-electron chi connectivity index (χ1n) is 4.86. The molecule has 2 aromatic rings. The lowest BCUT2D eigenvalue weighted by atomic mass is 10.0. The van der Waals surface area contributed by atoms with Gasteiger partial charge in [0.25, 0.3) is 0 Å². The Balaban J connectivity index is 2.41. The van der Waals surface area contributed by atoms with Crippen molar-refractivity contribution in [2.75, 3.05) is 7.05 Å². The van der Waals surface area contributed by atoms with Gasteiger partial charge in [-0.05, 0) is 53.2 Å². The van der Waals surface area contributed by atoms with Crippen LogP contribution in [-0.2, 0) is 0 Å². The van der Waals surface area contributed by atoms with Gasteiger partial charge in [0.2, 0.25) is 0 Å². The van der Waals surface area contributed by atoms with Gasteiger partial charge in [-0.2, -0.15) is 11.3 Å². The maximum absolute atomic E-state index is 6.00. The first-order valence-corrected chi connectivity index (χ1v) is 6.56. The molecule has 1 N–H and O–H groups in total. The van der Waals surface area contributed by atoms with Crippen LogP contribution in [0.25, 0.3) is 0 Å². The van der Waals surface area contributed by atoms with Gasteiger partial charge in [-0.25, -0.2) is 0 Å². The van der Waals surface area contributed by atoms with E-state index in [1.54, 1.807) is 17.4 Å². The van der Waals surface area contributed by atoms with Crippen LogP contribution in [0.4, 0.5) is 0 Å². The van der Waals surface area contributed by atoms with E-state index in [1.165, 1.54) is 5.56 Å². The number of benzene rings is 1. The maximum atomic E-state index is 6.00. The summed E-state index contributed by atoms with van der Waals surface area (Å²) in [4.78, 5) is 0. The zero-order valence-corrected chi connectivity index (χ0v) is 11.0. The Kier molecular flexibility index (Phi) is 3.87. The van der Waals surface area contributed by atoms with Crippen molar-refractivity contribution in [3.8, 4) is 0 Å². The third-order valence-electron chi connectivity index (χ3n) is 2.38. The van der Waals surface area contributed by atoms with Crippen molar-refractivity contribution < 1.29 is 0 Å². The second-order valence-corrected chi connectivity index (χ2v) is 5.13. The van der Waals surface area contributed by atoms with Crippen molar-refractivity contribution in [1.82, 2.24) is 5.32 Å². The molecule has 0 aliphatic rings. The van der Waals surface area contributed by atoms with Gasteiger partial charge in [0.15, 0.2) is 0 Å². The van der Waals surface area contributed by atoms with E-state index in [1.807, 2.05) is 19.2 Å². The van der Waals surface area contributed by atoms with Crippen LogP contribution in [0.1, 0.15) is 17.2 Å². The lowest BCUT2D eigenvalue weighted by Crippen LogP contribution is -2.16. The number of rotatable bonds is 3. The second kappa shape index (κ2) is 5.19. The summed E-state index contributed by atoms with van der Waals surface area (Å²) in [5.41, 5.74) is 2.31. The fraction of sp³-hybridized carbons (Fsp3) is 0.167. The van der Waals surface area contributed by atoms with Crippen molar-refractivity contribution in [2.45, 2.75) is 6.04 Å². The quantitative estimate of drug-likeness (QED) is 0.875. The highest BCUT2D eigenvalue weighted by Crippen LogP contribution is 2.28. The predicted octanol–water partition coefficient (Wildman–Crippen LogP) is 4.36. The van der Waals surface area contributed by atoms with Gasteiger partial charge in [0, 0.05) is 10.0 Å². The van der Waals surface area contributed by atoms with Crippen LogP contribution in [0.15, 0.2) is 35.0 Å². The van der Waals surface area contributed by atoms with Gasteiger partial charge >= 0.3 is 0 Å². The fourth-order valence-corrected chi connectivity index (χ4v) is 2.94. The normalized spacial score (nSPS) is 12.7. The molecule has 0 aliphatic carbocycles. The molecule has 1 aromatic carbocycles. The summed E-state index contributed by atoms with van der Waals surface area (Å²) in [6, 6.07) is 7.86. The first-order chi connectivity index (χ1) is 7.70. The summed E-state index contributed by atoms with van der Waals surface area (Å²) in [6.45, 7) is 0. The van der Waals surface area contributed by atoms with E-state index in [0.29, 0.717) is 10.0 Å². The van der Waals surface area contributed by atoms with E-state index < -0.39 is 0 Å². The Hall–Kier alpha value is -0.540. The van der Waals surface area contributed by atoms with Gasteiger partial charge in [0.05, 0.1) is 6.04 Å². The molecule has 1 aromatic heterocycles. The van der Waals surface area contributed by atoms with Crippen LogP contribution in [0, 0.1) is 0 Å². The molecule has 0 spiro atoms. The first kappa shape index (κ1) is 11.9. The minimum Gasteiger partial charge on any atom is -0.309 e. The van der Waals surface area contributed by atoms with E-state index >= 15 is 0 Å². The monoisotopic (exact) mass is 271 g/mol. The van der Waals surface area contributed by atoms with Crippen molar-refractivity contribution in [1.29, 1.82) is 0 Å². The number of halogens is 2. The van der Waals surface area contributed by atoms with Crippen LogP contribution in [0.3, 0.4) is 0 Å². The van der Waals surface area contributed by atoms with Crippen molar-refractivity contribution in [3.63, 3.8) is 0 Å². The molecule has 0 bridgehead atoms. The molecular weight excluding hydrogens is 261 g/mol. The summed E-state index contributed by atoms with van der Waals surface area (Å²) in [5.74, 6) is 0. The van der Waals surface area contributed by atoms with Gasteiger partial charge in [-0.15, -0.1) is 0 Å². The molecule has 16 heavy (non-hydrogen) atoms. The van der Waals surface area contributed by atoms with Crippen molar-refractivity contribution in [3.05, 3.63) is 56.2 Å². The zero-order valence-electron chi connectivity index (χ0n) is 8.71. The molecule has 1 nitrogen and oxygen atoms in total. The molecular formula is C12H11Cl2NS. The summed E-state index contributed by atoms with van der Waals surface area (Å²) in [6.07, 6.45) is 0. The number of nitrogens with one attached hydrogen (secondary N) is 1. The average molecular weight is 272 g/mol. The average Bonchev–Trinajstić information content (AvgIpc) is 2.70. The second-order valence-electron chi connectivity index (χ2n) is 3.48. The third-order valence-corrected chi connectivity index (χ3v) is 3.52. The van der Waals surface area contributed by atoms with Crippen LogP contribution in [-0.4, -0.2) is 7.05 Å². The summed E-state index contributed by atoms with van der Waals surface area (Å²) in [5, 5.41) is 8.78. The zero-order chi connectivity index (χ0) is 11.5. The van der Waals surface area contributed by atoms with Crippen molar-refractivity contribution >= 4 is 34.5 Å². The lowest BCUT2D eigenvalue weighted by Gasteiger charge is -2.16. The highest BCUT2D eigenvalue weighted by atomic mass is 35.5. The smallest absolute Gasteiger partial charge is 0.0583 e. The maximum Gasteiger partial charge on any atom is 0.0583 e. The molecule has 1 unspecified atom stereocenters. The van der Waals surface area contributed by atoms with Crippen LogP contribution < -0.4 is 5.32 Å². The van der Waals surface area contributed by atoms with Crippen molar-refractivity contribution in [2.24, 2.45) is 0 Å². The molecule has 0 saturated carbocycles. The molecule has 1 atom stereocenters. The molecule has 0 saturated heterocycles. The Morgan fingerprint density at radius 2 is 1.81 bits per heavy atom. The fourth-order valence-electron chi connectivity index (χ4n) is 1.71. The molecule has 2 rings (SSSR count). The largest absolute Gasteiger partial charge is 0.309 e. The number of hydrogen-bond acceptors (Lipinski definition) is 2. The minimum atomic E-state index is 0.141. The summed E-state index contributed by atoms with van der Waals surface area (Å²) in [7, 11) is 1.93. The van der Waals surface area contributed by atoms with E-state index in [0.717, 1.165) is 5.56 Å². The van der Waals surface area contributed by atoms with Gasteiger partial charge < -0.3 is 5.32 Å². The Labute approximate surface area is 109 Å².